The number of nitrogens with zero attached hydrogens (tertiary/aromatic N) is 2. The number of aliphatic carboxylic acids is 1. The molecule has 53 heavy (non-hydrogen) atoms. The van der Waals surface area contributed by atoms with Crippen LogP contribution in [0, 0.1) is 13.8 Å². The monoisotopic (exact) mass is 836 g/mol. The molecule has 6 N–H and O–H groups in total. The summed E-state index contributed by atoms with van der Waals surface area (Å²) in [4.78, 5) is 54.4. The van der Waals surface area contributed by atoms with Crippen molar-refractivity contribution < 1.29 is 24.3 Å². The number of carbonyl (C=O) groups excluding carboxylic acids is 3. The number of thiazole rings is 2. The molecule has 4 rings (SSSR count). The van der Waals surface area contributed by atoms with Crippen LogP contribution in [-0.2, 0) is 50.9 Å². The molecule has 0 spiro atoms. The van der Waals surface area contributed by atoms with E-state index in [0.717, 1.165) is 16.4 Å². The second-order valence-corrected chi connectivity index (χ2v) is 22.1. The first-order valence-corrected chi connectivity index (χ1v) is 23.2. The predicted octanol–water partition coefficient (Wildman–Crippen LogP) is 7.54. The average molecular weight is 837 g/mol. The van der Waals surface area contributed by atoms with Crippen molar-refractivity contribution in [1.29, 1.82) is 0 Å². The van der Waals surface area contributed by atoms with Gasteiger partial charge in [0, 0.05) is 55.8 Å². The first-order valence-electron chi connectivity index (χ1n) is 16.3. The van der Waals surface area contributed by atoms with Gasteiger partial charge in [-0.15, -0.1) is 41.6 Å². The van der Waals surface area contributed by atoms with E-state index in [9.17, 15) is 19.2 Å². The van der Waals surface area contributed by atoms with Crippen LogP contribution in [-0.4, -0.2) is 60.8 Å². The summed E-state index contributed by atoms with van der Waals surface area (Å²) in [6.45, 7) is 12.0. The summed E-state index contributed by atoms with van der Waals surface area (Å²) in [5.74, 6) is -1.21. The van der Waals surface area contributed by atoms with E-state index in [2.05, 4.69) is 39.8 Å². The summed E-state index contributed by atoms with van der Waals surface area (Å²) < 4.78 is -0.0252. The SMILES string of the molecule is CS(=S)C(C)(C)CCC(=O)O.Cc1nc(C(=O)Nc2ccc(N)cc2)cs1.Cc1nc(C(=O)Nc2ccc(NC(=O)CCC(C)(C)S(C)=S)cc2)cs1. The standard InChI is InChI=1S/C18H23N3O2S3.C11H11N3OS.C7H14O2S2/c1-12-19-15(11-25-12)17(23)21-14-7-5-13(6-8-14)20-16(22)9-10-18(2,3)26(4)24;1-7-13-10(6-16-7)11(15)14-9-4-2-8(12)3-5-9;1-7(2,11(3)10)5-4-6(8)9/h5-8,11H,9-10H2,1-4H3,(H,20,22)(H,21,23);2-6H,12H2,1H3,(H,14,15);4-5H2,1-3H3,(H,8,9). The zero-order valence-corrected chi connectivity index (χ0v) is 36.0. The zero-order valence-electron chi connectivity index (χ0n) is 31.1. The van der Waals surface area contributed by atoms with Gasteiger partial charge in [0.1, 0.15) is 11.4 Å². The quantitative estimate of drug-likeness (QED) is 0.0847. The lowest BCUT2D eigenvalue weighted by atomic mass is 10.1. The highest BCUT2D eigenvalue weighted by Gasteiger charge is 2.21. The zero-order chi connectivity index (χ0) is 39.9. The Bertz CT molecular complexity index is 1890. The van der Waals surface area contributed by atoms with E-state index in [1.54, 1.807) is 59.3 Å². The predicted molar refractivity (Wildman–Crippen MR) is 231 cm³/mol. The van der Waals surface area contributed by atoms with Gasteiger partial charge in [0.25, 0.3) is 11.8 Å². The van der Waals surface area contributed by atoms with Gasteiger partial charge in [-0.3, -0.25) is 19.2 Å². The van der Waals surface area contributed by atoms with Crippen molar-refractivity contribution in [3.05, 3.63) is 80.7 Å². The van der Waals surface area contributed by atoms with Crippen LogP contribution in [0.15, 0.2) is 59.3 Å². The molecule has 288 valence electrons. The van der Waals surface area contributed by atoms with Crippen LogP contribution in [0.1, 0.15) is 84.4 Å². The molecule has 2 aromatic carbocycles. The van der Waals surface area contributed by atoms with Crippen LogP contribution in [0.25, 0.3) is 0 Å². The Morgan fingerprint density at radius 1 is 0.698 bits per heavy atom. The Balaban J connectivity index is 0.000000306. The number of hydrogen-bond acceptors (Lipinski definition) is 11. The molecule has 2 unspecified atom stereocenters. The Hall–Kier alpha value is -3.48. The number of benzene rings is 2. The number of carboxylic acids is 1. The van der Waals surface area contributed by atoms with Gasteiger partial charge >= 0.3 is 5.97 Å². The van der Waals surface area contributed by atoms with E-state index in [1.807, 2.05) is 40.2 Å². The second-order valence-electron chi connectivity index (χ2n) is 13.0. The molecule has 2 aromatic heterocycles. The normalized spacial score (nSPS) is 12.2. The molecule has 2 heterocycles. The summed E-state index contributed by atoms with van der Waals surface area (Å²) in [5.41, 5.74) is 9.13. The molecular weight excluding hydrogens is 789 g/mol. The van der Waals surface area contributed by atoms with Crippen LogP contribution >= 0.6 is 22.7 Å². The Kier molecular flexibility index (Phi) is 18.5. The first kappa shape index (κ1) is 45.7. The van der Waals surface area contributed by atoms with E-state index in [0.29, 0.717) is 47.0 Å². The van der Waals surface area contributed by atoms with Crippen molar-refractivity contribution in [3.63, 3.8) is 0 Å². The van der Waals surface area contributed by atoms with E-state index < -0.39 is 5.97 Å². The maximum atomic E-state index is 12.1. The number of nitrogens with two attached hydrogens (primary N) is 1. The number of nitrogen functional groups attached to an aromatic ring is 1. The van der Waals surface area contributed by atoms with Crippen LogP contribution in [0.3, 0.4) is 0 Å². The Labute approximate surface area is 334 Å². The fourth-order valence-electron chi connectivity index (χ4n) is 3.86. The molecule has 4 aromatic rings. The van der Waals surface area contributed by atoms with Crippen LogP contribution in [0.5, 0.6) is 0 Å². The lowest BCUT2D eigenvalue weighted by molar-refractivity contribution is -0.137. The highest BCUT2D eigenvalue weighted by molar-refractivity contribution is 8.29. The maximum Gasteiger partial charge on any atom is 0.303 e. The molecule has 0 aliphatic rings. The minimum absolute atomic E-state index is 0.00623. The number of rotatable bonds is 13. The van der Waals surface area contributed by atoms with Gasteiger partial charge in [0.15, 0.2) is 0 Å². The van der Waals surface area contributed by atoms with E-state index in [1.165, 1.54) is 22.7 Å². The van der Waals surface area contributed by atoms with Crippen LogP contribution in [0.2, 0.25) is 0 Å². The average Bonchev–Trinajstić information content (AvgIpc) is 3.73. The highest BCUT2D eigenvalue weighted by atomic mass is 32.8. The smallest absolute Gasteiger partial charge is 0.303 e. The van der Waals surface area contributed by atoms with Crippen molar-refractivity contribution in [1.82, 2.24) is 9.97 Å². The van der Waals surface area contributed by atoms with Crippen LogP contribution in [0.4, 0.5) is 22.7 Å². The molecule has 0 radical (unpaired) electrons. The lowest BCUT2D eigenvalue weighted by Crippen LogP contribution is -2.27. The number of aromatic nitrogens is 2. The van der Waals surface area contributed by atoms with Gasteiger partial charge < -0.3 is 26.8 Å². The minimum Gasteiger partial charge on any atom is -0.481 e. The number of amides is 3. The number of hydrogen-bond donors (Lipinski definition) is 5. The van der Waals surface area contributed by atoms with Gasteiger partial charge in [-0.25, -0.2) is 9.97 Å². The largest absolute Gasteiger partial charge is 0.481 e. The lowest BCUT2D eigenvalue weighted by Gasteiger charge is -2.23. The summed E-state index contributed by atoms with van der Waals surface area (Å²) in [6.07, 6.45) is 6.07. The summed E-state index contributed by atoms with van der Waals surface area (Å²) in [7, 11) is -0.276. The van der Waals surface area contributed by atoms with Gasteiger partial charge in [0.05, 0.1) is 10.0 Å². The molecule has 0 bridgehead atoms. The van der Waals surface area contributed by atoms with Crippen molar-refractivity contribution in [3.8, 4) is 0 Å². The molecule has 0 fully saturated rings. The summed E-state index contributed by atoms with van der Waals surface area (Å²) in [6, 6.07) is 14.0. The first-order chi connectivity index (χ1) is 24.7. The minimum atomic E-state index is -0.737. The molecule has 11 nitrogen and oxygen atoms in total. The Morgan fingerprint density at radius 2 is 1.06 bits per heavy atom. The van der Waals surface area contributed by atoms with Gasteiger partial charge in [0.2, 0.25) is 5.91 Å². The van der Waals surface area contributed by atoms with Crippen molar-refractivity contribution in [2.45, 2.75) is 76.7 Å². The fraction of sp³-hybridized carbons (Fsp3) is 0.389. The maximum absolute atomic E-state index is 12.1. The van der Waals surface area contributed by atoms with Crippen molar-refractivity contribution in [2.75, 3.05) is 34.2 Å². The summed E-state index contributed by atoms with van der Waals surface area (Å²) in [5, 5.41) is 22.0. The third-order valence-electron chi connectivity index (χ3n) is 7.75. The van der Waals surface area contributed by atoms with Crippen molar-refractivity contribution >= 4 is 110 Å². The summed E-state index contributed by atoms with van der Waals surface area (Å²) >= 11 is 13.3. The number of aryl methyl sites for hydroxylation is 2. The third kappa shape index (κ3) is 17.0. The molecule has 3 amide bonds. The van der Waals surface area contributed by atoms with E-state index >= 15 is 0 Å². The molecule has 17 heteroatoms. The van der Waals surface area contributed by atoms with E-state index in [4.69, 9.17) is 33.2 Å². The molecule has 0 aliphatic heterocycles. The number of nitrogens with one attached hydrogen (secondary N) is 3. The third-order valence-corrected chi connectivity index (χ3v) is 15.5. The Morgan fingerprint density at radius 3 is 1.40 bits per heavy atom. The number of carboxylic acid groups (broad SMARTS) is 1. The fourth-order valence-corrected chi connectivity index (χ4v) is 6.33. The number of carbonyl (C=O) groups is 4. The van der Waals surface area contributed by atoms with Gasteiger partial charge in [-0.05, 0) is 87.7 Å². The van der Waals surface area contributed by atoms with Crippen molar-refractivity contribution in [2.24, 2.45) is 0 Å². The van der Waals surface area contributed by atoms with Gasteiger partial charge in [-0.1, -0.05) is 50.1 Å². The van der Waals surface area contributed by atoms with Crippen LogP contribution < -0.4 is 21.7 Å². The second kappa shape index (κ2) is 21.4. The molecule has 2 atom stereocenters. The topological polar surface area (TPSA) is 176 Å². The molecule has 0 saturated heterocycles. The highest BCUT2D eigenvalue weighted by Crippen LogP contribution is 2.21. The molecule has 0 aliphatic carbocycles. The number of anilines is 4. The van der Waals surface area contributed by atoms with E-state index in [-0.39, 0.29) is 52.5 Å². The van der Waals surface area contributed by atoms with Gasteiger partial charge in [-0.2, -0.15) is 0 Å². The molecule has 0 saturated carbocycles. The molecular formula is C36H48N6O5S6.